The number of methoxy groups -OCH3 is 1. The van der Waals surface area contributed by atoms with E-state index in [0.717, 1.165) is 0 Å². The Balaban J connectivity index is 2.09. The maximum absolute atomic E-state index is 11.7. The lowest BCUT2D eigenvalue weighted by Crippen LogP contribution is -2.11. The number of carbonyl (C=O) groups excluding carboxylic acids is 1. The Morgan fingerprint density at radius 2 is 2.06 bits per heavy atom. The fraction of sp³-hybridized carbons (Fsp3) is 0.0909. The van der Waals surface area contributed by atoms with Gasteiger partial charge >= 0.3 is 0 Å². The van der Waals surface area contributed by atoms with Crippen molar-refractivity contribution in [1.29, 1.82) is 0 Å². The highest BCUT2D eigenvalue weighted by atomic mass is 16.5. The fourth-order valence-electron chi connectivity index (χ4n) is 1.21. The molecule has 5 heteroatoms. The number of hydrogen-bond acceptors (Lipinski definition) is 4. The molecule has 0 aliphatic rings. The molecular weight excluding hydrogens is 208 g/mol. The molecular formula is C11H10N2O3. The molecule has 0 atom stereocenters. The van der Waals surface area contributed by atoms with Gasteiger partial charge in [0.15, 0.2) is 5.82 Å². The molecule has 2 rings (SSSR count). The van der Waals surface area contributed by atoms with Gasteiger partial charge in [0.25, 0.3) is 5.91 Å². The molecule has 1 N–H and O–H groups in total. The van der Waals surface area contributed by atoms with Gasteiger partial charge in [0.1, 0.15) is 12.0 Å². The Bertz CT molecular complexity index is 462. The summed E-state index contributed by atoms with van der Waals surface area (Å²) >= 11 is 0. The van der Waals surface area contributed by atoms with Crippen LogP contribution in [0.2, 0.25) is 0 Å². The first kappa shape index (κ1) is 10.2. The SMILES string of the molecule is COc1ccc(C(=O)Nc2ccon2)cc1. The van der Waals surface area contributed by atoms with Gasteiger partial charge in [-0.1, -0.05) is 5.16 Å². The Morgan fingerprint density at radius 3 is 2.62 bits per heavy atom. The summed E-state index contributed by atoms with van der Waals surface area (Å²) in [5.74, 6) is 0.857. The van der Waals surface area contributed by atoms with Crippen LogP contribution in [-0.4, -0.2) is 18.2 Å². The van der Waals surface area contributed by atoms with Gasteiger partial charge in [0, 0.05) is 11.6 Å². The molecule has 0 saturated carbocycles. The van der Waals surface area contributed by atoms with Crippen molar-refractivity contribution in [1.82, 2.24) is 5.16 Å². The minimum Gasteiger partial charge on any atom is -0.497 e. The molecule has 0 spiro atoms. The van der Waals surface area contributed by atoms with E-state index < -0.39 is 0 Å². The maximum Gasteiger partial charge on any atom is 0.256 e. The van der Waals surface area contributed by atoms with Crippen LogP contribution in [0, 0.1) is 0 Å². The summed E-state index contributed by atoms with van der Waals surface area (Å²) in [6.45, 7) is 0. The van der Waals surface area contributed by atoms with Gasteiger partial charge < -0.3 is 14.6 Å². The summed E-state index contributed by atoms with van der Waals surface area (Å²) in [6.07, 6.45) is 1.39. The first-order chi connectivity index (χ1) is 7.79. The van der Waals surface area contributed by atoms with Crippen molar-refractivity contribution in [2.24, 2.45) is 0 Å². The molecule has 1 heterocycles. The highest BCUT2D eigenvalue weighted by Gasteiger charge is 2.07. The molecule has 0 fully saturated rings. The van der Waals surface area contributed by atoms with Crippen LogP contribution >= 0.6 is 0 Å². The fourth-order valence-corrected chi connectivity index (χ4v) is 1.21. The molecule has 2 aromatic rings. The summed E-state index contributed by atoms with van der Waals surface area (Å²) in [5.41, 5.74) is 0.531. The first-order valence-corrected chi connectivity index (χ1v) is 4.65. The van der Waals surface area contributed by atoms with E-state index in [1.165, 1.54) is 6.26 Å². The van der Waals surface area contributed by atoms with Gasteiger partial charge in [-0.25, -0.2) is 0 Å². The predicted octanol–water partition coefficient (Wildman–Crippen LogP) is 1.94. The minimum absolute atomic E-state index is 0.239. The van der Waals surface area contributed by atoms with Crippen LogP contribution in [0.3, 0.4) is 0 Å². The van der Waals surface area contributed by atoms with E-state index in [0.29, 0.717) is 17.1 Å². The number of anilines is 1. The van der Waals surface area contributed by atoms with Crippen molar-refractivity contribution < 1.29 is 14.1 Å². The molecule has 16 heavy (non-hydrogen) atoms. The van der Waals surface area contributed by atoms with E-state index in [1.54, 1.807) is 37.4 Å². The lowest BCUT2D eigenvalue weighted by molar-refractivity contribution is 0.102. The largest absolute Gasteiger partial charge is 0.497 e. The number of rotatable bonds is 3. The van der Waals surface area contributed by atoms with Crippen molar-refractivity contribution in [3.63, 3.8) is 0 Å². The third-order valence-corrected chi connectivity index (χ3v) is 2.03. The van der Waals surface area contributed by atoms with Crippen molar-refractivity contribution in [2.75, 3.05) is 12.4 Å². The molecule has 0 radical (unpaired) electrons. The molecule has 1 aromatic heterocycles. The predicted molar refractivity (Wildman–Crippen MR) is 57.5 cm³/mol. The Kier molecular flexibility index (Phi) is 2.86. The Hall–Kier alpha value is -2.30. The standard InChI is InChI=1S/C11H10N2O3/c1-15-9-4-2-8(3-5-9)11(14)12-10-6-7-16-13-10/h2-7H,1H3,(H,12,13,14). The molecule has 0 saturated heterocycles. The zero-order valence-corrected chi connectivity index (χ0v) is 8.64. The maximum atomic E-state index is 11.7. The van der Waals surface area contributed by atoms with E-state index in [-0.39, 0.29) is 5.91 Å². The van der Waals surface area contributed by atoms with E-state index in [9.17, 15) is 4.79 Å². The summed E-state index contributed by atoms with van der Waals surface area (Å²) < 4.78 is 9.60. The lowest BCUT2D eigenvalue weighted by Gasteiger charge is -2.02. The number of amides is 1. The lowest BCUT2D eigenvalue weighted by atomic mass is 10.2. The van der Waals surface area contributed by atoms with Gasteiger partial charge in [0.2, 0.25) is 0 Å². The third kappa shape index (κ3) is 2.20. The first-order valence-electron chi connectivity index (χ1n) is 4.65. The van der Waals surface area contributed by atoms with E-state index in [4.69, 9.17) is 4.74 Å². The van der Waals surface area contributed by atoms with E-state index >= 15 is 0 Å². The molecule has 0 aliphatic carbocycles. The van der Waals surface area contributed by atoms with Gasteiger partial charge in [-0.2, -0.15) is 0 Å². The van der Waals surface area contributed by atoms with Gasteiger partial charge in [-0.05, 0) is 24.3 Å². The Labute approximate surface area is 92.0 Å². The van der Waals surface area contributed by atoms with Crippen LogP contribution in [0.15, 0.2) is 41.1 Å². The summed E-state index contributed by atoms with van der Waals surface area (Å²) in [5, 5.41) is 6.17. The molecule has 1 amide bonds. The van der Waals surface area contributed by atoms with Crippen molar-refractivity contribution in [3.8, 4) is 5.75 Å². The number of nitrogens with zero attached hydrogens (tertiary/aromatic N) is 1. The minimum atomic E-state index is -0.239. The molecule has 5 nitrogen and oxygen atoms in total. The van der Waals surface area contributed by atoms with Gasteiger partial charge in [-0.15, -0.1) is 0 Å². The zero-order chi connectivity index (χ0) is 11.4. The normalized spacial score (nSPS) is 9.81. The average molecular weight is 218 g/mol. The number of ether oxygens (including phenoxy) is 1. The Morgan fingerprint density at radius 1 is 1.31 bits per heavy atom. The molecule has 0 aliphatic heterocycles. The number of benzene rings is 1. The monoisotopic (exact) mass is 218 g/mol. The van der Waals surface area contributed by atoms with Crippen LogP contribution < -0.4 is 10.1 Å². The molecule has 1 aromatic carbocycles. The van der Waals surface area contributed by atoms with Crippen molar-refractivity contribution in [2.45, 2.75) is 0 Å². The van der Waals surface area contributed by atoms with Crippen LogP contribution in [0.5, 0.6) is 5.75 Å². The zero-order valence-electron chi connectivity index (χ0n) is 8.64. The second-order valence-electron chi connectivity index (χ2n) is 3.07. The smallest absolute Gasteiger partial charge is 0.256 e. The van der Waals surface area contributed by atoms with Crippen LogP contribution in [-0.2, 0) is 0 Å². The molecule has 0 unspecified atom stereocenters. The quantitative estimate of drug-likeness (QED) is 0.854. The third-order valence-electron chi connectivity index (χ3n) is 2.03. The second kappa shape index (κ2) is 4.48. The van der Waals surface area contributed by atoms with Gasteiger partial charge in [0.05, 0.1) is 7.11 Å². The molecule has 0 bridgehead atoms. The average Bonchev–Trinajstić information content (AvgIpc) is 2.82. The van der Waals surface area contributed by atoms with Crippen molar-refractivity contribution in [3.05, 3.63) is 42.2 Å². The number of hydrogen-bond donors (Lipinski definition) is 1. The molecule has 82 valence electrons. The van der Waals surface area contributed by atoms with Gasteiger partial charge in [-0.3, -0.25) is 4.79 Å². The summed E-state index contributed by atoms with van der Waals surface area (Å²) in [6, 6.07) is 8.36. The number of nitrogens with one attached hydrogen (secondary N) is 1. The highest BCUT2D eigenvalue weighted by molar-refractivity contribution is 6.03. The number of aromatic nitrogens is 1. The van der Waals surface area contributed by atoms with E-state index in [2.05, 4.69) is 15.0 Å². The van der Waals surface area contributed by atoms with E-state index in [1.807, 2.05) is 0 Å². The van der Waals surface area contributed by atoms with Crippen LogP contribution in [0.1, 0.15) is 10.4 Å². The van der Waals surface area contributed by atoms with Crippen molar-refractivity contribution >= 4 is 11.7 Å². The highest BCUT2D eigenvalue weighted by Crippen LogP contribution is 2.12. The number of carbonyl (C=O) groups is 1. The summed E-state index contributed by atoms with van der Waals surface area (Å²) in [7, 11) is 1.57. The van der Waals surface area contributed by atoms with Crippen LogP contribution in [0.25, 0.3) is 0 Å². The second-order valence-corrected chi connectivity index (χ2v) is 3.07. The van der Waals surface area contributed by atoms with Crippen LogP contribution in [0.4, 0.5) is 5.82 Å². The summed E-state index contributed by atoms with van der Waals surface area (Å²) in [4.78, 5) is 11.7. The topological polar surface area (TPSA) is 64.4 Å².